The number of hydrogen-bond acceptors (Lipinski definition) is 3. The molecule has 2 heterocycles. The molecular formula is C15H15N3O. The minimum Gasteiger partial charge on any atom is -0.389 e. The maximum absolute atomic E-state index is 9.64. The summed E-state index contributed by atoms with van der Waals surface area (Å²) in [6.07, 6.45) is 5.16. The molecule has 0 saturated heterocycles. The number of aryl methyl sites for hydroxylation is 1. The molecule has 0 aliphatic rings. The van der Waals surface area contributed by atoms with Crippen molar-refractivity contribution < 1.29 is 5.11 Å². The first-order valence-electron chi connectivity index (χ1n) is 6.20. The van der Waals surface area contributed by atoms with Crippen LogP contribution in [0.5, 0.6) is 0 Å². The fraction of sp³-hybridized carbons (Fsp3) is 0.200. The van der Waals surface area contributed by atoms with Crippen molar-refractivity contribution in [2.24, 2.45) is 7.05 Å². The zero-order chi connectivity index (χ0) is 13.4. The quantitative estimate of drug-likeness (QED) is 0.764. The molecule has 1 N–H and O–H groups in total. The zero-order valence-corrected chi connectivity index (χ0v) is 10.9. The van der Waals surface area contributed by atoms with Crippen LogP contribution in [0.1, 0.15) is 18.6 Å². The Morgan fingerprint density at radius 1 is 1.16 bits per heavy atom. The molecule has 0 amide bonds. The highest BCUT2D eigenvalue weighted by Crippen LogP contribution is 2.24. The van der Waals surface area contributed by atoms with Gasteiger partial charge in [0.15, 0.2) is 0 Å². The molecule has 0 aliphatic carbocycles. The minimum absolute atomic E-state index is 0.466. The number of rotatable bonds is 2. The Kier molecular flexibility index (Phi) is 2.80. The third kappa shape index (κ3) is 2.22. The van der Waals surface area contributed by atoms with Crippen molar-refractivity contribution in [2.75, 3.05) is 0 Å². The normalized spacial score (nSPS) is 12.8. The number of aromatic nitrogens is 3. The first-order chi connectivity index (χ1) is 9.13. The van der Waals surface area contributed by atoms with Crippen LogP contribution in [0, 0.1) is 0 Å². The highest BCUT2D eigenvalue weighted by Gasteiger charge is 2.06. The van der Waals surface area contributed by atoms with Crippen molar-refractivity contribution in [1.82, 2.24) is 14.8 Å². The van der Waals surface area contributed by atoms with Crippen molar-refractivity contribution in [1.29, 1.82) is 0 Å². The third-order valence-corrected chi connectivity index (χ3v) is 3.23. The summed E-state index contributed by atoms with van der Waals surface area (Å²) >= 11 is 0. The smallest absolute Gasteiger partial charge is 0.0762 e. The number of benzene rings is 1. The number of fused-ring (bicyclic) bond motifs is 1. The predicted molar refractivity (Wildman–Crippen MR) is 74.6 cm³/mol. The minimum atomic E-state index is -0.466. The van der Waals surface area contributed by atoms with Gasteiger partial charge in [0.05, 0.1) is 17.8 Å². The monoisotopic (exact) mass is 253 g/mol. The van der Waals surface area contributed by atoms with Gasteiger partial charge in [-0.3, -0.25) is 9.67 Å². The largest absolute Gasteiger partial charge is 0.389 e. The van der Waals surface area contributed by atoms with E-state index in [0.29, 0.717) is 0 Å². The molecule has 0 aliphatic heterocycles. The molecule has 1 aromatic carbocycles. The average molecular weight is 253 g/mol. The Morgan fingerprint density at radius 3 is 2.68 bits per heavy atom. The first-order valence-corrected chi connectivity index (χ1v) is 6.20. The standard InChI is InChI=1S/C15H15N3O/c1-10(19)11-3-4-15-12(5-11)6-13(7-16-15)14-8-17-18(2)9-14/h3-10,19H,1-2H3. The maximum Gasteiger partial charge on any atom is 0.0762 e. The van der Waals surface area contributed by atoms with E-state index in [4.69, 9.17) is 0 Å². The summed E-state index contributed by atoms with van der Waals surface area (Å²) in [6.45, 7) is 1.76. The van der Waals surface area contributed by atoms with Crippen LogP contribution >= 0.6 is 0 Å². The molecule has 19 heavy (non-hydrogen) atoms. The first kappa shape index (κ1) is 11.9. The zero-order valence-electron chi connectivity index (χ0n) is 10.9. The molecule has 1 atom stereocenters. The summed E-state index contributed by atoms with van der Waals surface area (Å²) in [5, 5.41) is 14.8. The van der Waals surface area contributed by atoms with E-state index in [9.17, 15) is 5.11 Å². The fourth-order valence-corrected chi connectivity index (χ4v) is 2.14. The van der Waals surface area contributed by atoms with E-state index in [1.807, 2.05) is 43.8 Å². The van der Waals surface area contributed by atoms with E-state index in [0.717, 1.165) is 27.6 Å². The molecule has 2 aromatic heterocycles. The Labute approximate surface area is 111 Å². The Hall–Kier alpha value is -2.20. The second-order valence-corrected chi connectivity index (χ2v) is 4.75. The second-order valence-electron chi connectivity index (χ2n) is 4.75. The number of pyridine rings is 1. The van der Waals surface area contributed by atoms with Gasteiger partial charge in [-0.2, -0.15) is 5.10 Å². The highest BCUT2D eigenvalue weighted by molar-refractivity contribution is 5.84. The van der Waals surface area contributed by atoms with Gasteiger partial charge >= 0.3 is 0 Å². The molecule has 3 aromatic rings. The number of aliphatic hydroxyl groups excluding tert-OH is 1. The molecule has 4 nitrogen and oxygen atoms in total. The van der Waals surface area contributed by atoms with Crippen molar-refractivity contribution >= 4 is 10.9 Å². The third-order valence-electron chi connectivity index (χ3n) is 3.23. The van der Waals surface area contributed by atoms with Gasteiger partial charge in [0, 0.05) is 36.0 Å². The van der Waals surface area contributed by atoms with Gasteiger partial charge in [0.1, 0.15) is 0 Å². The van der Waals surface area contributed by atoms with Gasteiger partial charge in [-0.15, -0.1) is 0 Å². The summed E-state index contributed by atoms with van der Waals surface area (Å²) in [4.78, 5) is 4.45. The van der Waals surface area contributed by atoms with Gasteiger partial charge in [-0.05, 0) is 30.7 Å². The average Bonchev–Trinajstić information content (AvgIpc) is 2.84. The van der Waals surface area contributed by atoms with Gasteiger partial charge in [-0.25, -0.2) is 0 Å². The van der Waals surface area contributed by atoms with Crippen LogP contribution in [0.2, 0.25) is 0 Å². The summed E-state index contributed by atoms with van der Waals surface area (Å²) in [6, 6.07) is 7.90. The van der Waals surface area contributed by atoms with E-state index >= 15 is 0 Å². The summed E-state index contributed by atoms with van der Waals surface area (Å²) in [5.74, 6) is 0. The van der Waals surface area contributed by atoms with Crippen molar-refractivity contribution in [3.05, 3.63) is 48.4 Å². The van der Waals surface area contributed by atoms with Gasteiger partial charge in [0.2, 0.25) is 0 Å². The Bertz CT molecular complexity index is 731. The molecule has 0 saturated carbocycles. The summed E-state index contributed by atoms with van der Waals surface area (Å²) in [5.41, 5.74) is 3.90. The summed E-state index contributed by atoms with van der Waals surface area (Å²) < 4.78 is 1.77. The lowest BCUT2D eigenvalue weighted by Crippen LogP contribution is -1.91. The van der Waals surface area contributed by atoms with E-state index in [1.54, 1.807) is 11.6 Å². The SMILES string of the molecule is CC(O)c1ccc2ncc(-c3cnn(C)c3)cc2c1. The van der Waals surface area contributed by atoms with Crippen molar-refractivity contribution in [3.8, 4) is 11.1 Å². The van der Waals surface area contributed by atoms with Crippen LogP contribution < -0.4 is 0 Å². The lowest BCUT2D eigenvalue weighted by atomic mass is 10.0. The van der Waals surface area contributed by atoms with Crippen LogP contribution in [0.15, 0.2) is 42.9 Å². The van der Waals surface area contributed by atoms with Gasteiger partial charge < -0.3 is 5.11 Å². The lowest BCUT2D eigenvalue weighted by Gasteiger charge is -2.06. The molecular weight excluding hydrogens is 238 g/mol. The molecule has 3 rings (SSSR count). The predicted octanol–water partition coefficient (Wildman–Crippen LogP) is 2.69. The maximum atomic E-state index is 9.64. The van der Waals surface area contributed by atoms with Gasteiger partial charge in [0.25, 0.3) is 0 Å². The Morgan fingerprint density at radius 2 is 2.00 bits per heavy atom. The second kappa shape index (κ2) is 4.48. The molecule has 0 fully saturated rings. The van der Waals surface area contributed by atoms with Crippen molar-refractivity contribution in [3.63, 3.8) is 0 Å². The van der Waals surface area contributed by atoms with E-state index < -0.39 is 6.10 Å². The lowest BCUT2D eigenvalue weighted by molar-refractivity contribution is 0.199. The molecule has 96 valence electrons. The number of nitrogens with zero attached hydrogens (tertiary/aromatic N) is 3. The molecule has 0 bridgehead atoms. The summed E-state index contributed by atoms with van der Waals surface area (Å²) in [7, 11) is 1.89. The van der Waals surface area contributed by atoms with Crippen LogP contribution in [0.3, 0.4) is 0 Å². The molecule has 4 heteroatoms. The number of aliphatic hydroxyl groups is 1. The van der Waals surface area contributed by atoms with Crippen LogP contribution in [-0.4, -0.2) is 19.9 Å². The van der Waals surface area contributed by atoms with Crippen LogP contribution in [0.25, 0.3) is 22.0 Å². The van der Waals surface area contributed by atoms with Crippen molar-refractivity contribution in [2.45, 2.75) is 13.0 Å². The van der Waals surface area contributed by atoms with Gasteiger partial charge in [-0.1, -0.05) is 6.07 Å². The van der Waals surface area contributed by atoms with E-state index in [-0.39, 0.29) is 0 Å². The fourth-order valence-electron chi connectivity index (χ4n) is 2.14. The topological polar surface area (TPSA) is 50.9 Å². The molecule has 1 unspecified atom stereocenters. The molecule has 0 radical (unpaired) electrons. The van der Waals surface area contributed by atoms with E-state index in [1.165, 1.54) is 0 Å². The van der Waals surface area contributed by atoms with Crippen LogP contribution in [0.4, 0.5) is 0 Å². The Balaban J connectivity index is 2.13. The van der Waals surface area contributed by atoms with Crippen LogP contribution in [-0.2, 0) is 7.05 Å². The van der Waals surface area contributed by atoms with E-state index in [2.05, 4.69) is 16.1 Å². The molecule has 0 spiro atoms. The number of hydrogen-bond donors (Lipinski definition) is 1. The highest BCUT2D eigenvalue weighted by atomic mass is 16.3.